The van der Waals surface area contributed by atoms with E-state index in [1.165, 1.54) is 5.56 Å². The molecule has 0 aliphatic carbocycles. The van der Waals surface area contributed by atoms with Crippen LogP contribution in [0.3, 0.4) is 0 Å². The molecule has 3 aromatic rings. The Morgan fingerprint density at radius 2 is 1.85 bits per heavy atom. The highest BCUT2D eigenvalue weighted by Gasteiger charge is 2.17. The minimum atomic E-state index is -0.173. The van der Waals surface area contributed by atoms with Gasteiger partial charge in [0.15, 0.2) is 0 Å². The molecule has 33 heavy (non-hydrogen) atoms. The highest BCUT2D eigenvalue weighted by Crippen LogP contribution is 2.26. The van der Waals surface area contributed by atoms with E-state index in [-0.39, 0.29) is 12.0 Å². The molecule has 0 spiro atoms. The lowest BCUT2D eigenvalue weighted by atomic mass is 9.99. The molecule has 3 aromatic carbocycles. The molecule has 172 valence electrons. The minimum Gasteiger partial charge on any atom is -0.488 e. The molecule has 0 aromatic heterocycles. The molecule has 1 fully saturated rings. The number of amides is 1. The van der Waals surface area contributed by atoms with E-state index < -0.39 is 0 Å². The number of rotatable bonds is 8. The van der Waals surface area contributed by atoms with Crippen molar-refractivity contribution in [2.75, 3.05) is 25.0 Å². The number of carbonyl (C=O) groups excluding carboxylic acids is 1. The van der Waals surface area contributed by atoms with Gasteiger partial charge in [0.05, 0.1) is 18.3 Å². The first-order chi connectivity index (χ1) is 16.1. The van der Waals surface area contributed by atoms with Crippen LogP contribution < -0.4 is 15.4 Å². The number of hydrogen-bond donors (Lipinski definition) is 2. The van der Waals surface area contributed by atoms with Gasteiger partial charge in [-0.05, 0) is 53.3 Å². The van der Waals surface area contributed by atoms with E-state index in [0.29, 0.717) is 23.8 Å². The summed E-state index contributed by atoms with van der Waals surface area (Å²) < 4.78 is 11.8. The van der Waals surface area contributed by atoms with Crippen LogP contribution in [0.25, 0.3) is 0 Å². The number of benzene rings is 3. The number of morpholine rings is 1. The van der Waals surface area contributed by atoms with Crippen LogP contribution in [-0.2, 0) is 17.8 Å². The van der Waals surface area contributed by atoms with E-state index in [2.05, 4.69) is 24.5 Å². The van der Waals surface area contributed by atoms with E-state index in [1.54, 1.807) is 0 Å². The van der Waals surface area contributed by atoms with Crippen molar-refractivity contribution in [3.63, 3.8) is 0 Å². The van der Waals surface area contributed by atoms with Crippen molar-refractivity contribution in [2.24, 2.45) is 0 Å². The van der Waals surface area contributed by atoms with Crippen LogP contribution in [0.4, 0.5) is 5.69 Å². The molecule has 4 rings (SSSR count). The normalized spacial score (nSPS) is 15.9. The molecule has 5 nitrogen and oxygen atoms in total. The lowest BCUT2D eigenvalue weighted by Gasteiger charge is -2.23. The van der Waals surface area contributed by atoms with E-state index in [9.17, 15) is 4.79 Å². The fourth-order valence-electron chi connectivity index (χ4n) is 3.88. The van der Waals surface area contributed by atoms with Crippen molar-refractivity contribution in [3.05, 3.63) is 95.1 Å². The van der Waals surface area contributed by atoms with Crippen LogP contribution in [0.2, 0.25) is 0 Å². The molecular formula is C28H32N2O3. The van der Waals surface area contributed by atoms with Gasteiger partial charge in [-0.2, -0.15) is 0 Å². The highest BCUT2D eigenvalue weighted by atomic mass is 16.5. The number of carbonyl (C=O) groups is 1. The van der Waals surface area contributed by atoms with Gasteiger partial charge < -0.3 is 20.1 Å². The predicted octanol–water partition coefficient (Wildman–Crippen LogP) is 5.17. The third-order valence-corrected chi connectivity index (χ3v) is 5.83. The molecule has 0 radical (unpaired) electrons. The maximum Gasteiger partial charge on any atom is 0.259 e. The molecule has 0 saturated carbocycles. The van der Waals surface area contributed by atoms with Crippen LogP contribution >= 0.6 is 0 Å². The summed E-state index contributed by atoms with van der Waals surface area (Å²) in [7, 11) is 0. The Labute approximate surface area is 196 Å². The number of hydrogen-bond acceptors (Lipinski definition) is 4. The third-order valence-electron chi connectivity index (χ3n) is 5.83. The Morgan fingerprint density at radius 1 is 1.06 bits per heavy atom. The second-order valence-electron chi connectivity index (χ2n) is 8.74. The molecule has 1 heterocycles. The van der Waals surface area contributed by atoms with Gasteiger partial charge >= 0.3 is 0 Å². The zero-order valence-electron chi connectivity index (χ0n) is 19.3. The summed E-state index contributed by atoms with van der Waals surface area (Å²) in [6, 6.07) is 23.8. The monoisotopic (exact) mass is 444 g/mol. The number of anilines is 1. The first-order valence-corrected chi connectivity index (χ1v) is 11.6. The zero-order valence-corrected chi connectivity index (χ0v) is 19.3. The van der Waals surface area contributed by atoms with Gasteiger partial charge in [0.2, 0.25) is 0 Å². The van der Waals surface area contributed by atoms with Gasteiger partial charge in [-0.15, -0.1) is 0 Å². The summed E-state index contributed by atoms with van der Waals surface area (Å²) in [5, 5.41) is 6.39. The van der Waals surface area contributed by atoms with E-state index in [4.69, 9.17) is 9.47 Å². The molecule has 1 unspecified atom stereocenters. The number of ether oxygens (including phenoxy) is 2. The van der Waals surface area contributed by atoms with Crippen molar-refractivity contribution >= 4 is 11.6 Å². The molecule has 5 heteroatoms. The fraction of sp³-hybridized carbons (Fsp3) is 0.321. The Balaban J connectivity index is 1.45. The molecule has 2 N–H and O–H groups in total. The summed E-state index contributed by atoms with van der Waals surface area (Å²) in [6.07, 6.45) is 1.05. The molecule has 1 aliphatic rings. The fourth-order valence-corrected chi connectivity index (χ4v) is 3.88. The lowest BCUT2D eigenvalue weighted by Crippen LogP contribution is -2.39. The van der Waals surface area contributed by atoms with Crippen LogP contribution in [0.15, 0.2) is 72.8 Å². The van der Waals surface area contributed by atoms with Crippen LogP contribution in [-0.4, -0.2) is 31.7 Å². The van der Waals surface area contributed by atoms with Gasteiger partial charge in [0.1, 0.15) is 12.4 Å². The van der Waals surface area contributed by atoms with Gasteiger partial charge in [0.25, 0.3) is 5.91 Å². The second-order valence-corrected chi connectivity index (χ2v) is 8.74. The van der Waals surface area contributed by atoms with Crippen molar-refractivity contribution in [1.29, 1.82) is 0 Å². The molecular weight excluding hydrogens is 412 g/mol. The van der Waals surface area contributed by atoms with Gasteiger partial charge in [0, 0.05) is 18.8 Å². The SMILES string of the molecule is CC(C)c1ccc(OCc2ccccc2)c(C(=O)Nc2ccc(CC3CNCCO3)cc2)c1. The van der Waals surface area contributed by atoms with Gasteiger partial charge in [-0.3, -0.25) is 4.79 Å². The average Bonchev–Trinajstić information content (AvgIpc) is 2.85. The summed E-state index contributed by atoms with van der Waals surface area (Å²) in [4.78, 5) is 13.2. The maximum absolute atomic E-state index is 13.2. The van der Waals surface area contributed by atoms with E-state index in [1.807, 2.05) is 72.8 Å². The summed E-state index contributed by atoms with van der Waals surface area (Å²) in [5.41, 5.74) is 4.65. The predicted molar refractivity (Wildman–Crippen MR) is 132 cm³/mol. The summed E-state index contributed by atoms with van der Waals surface area (Å²) in [5.74, 6) is 0.725. The minimum absolute atomic E-state index is 0.173. The molecule has 1 amide bonds. The average molecular weight is 445 g/mol. The summed E-state index contributed by atoms with van der Waals surface area (Å²) >= 11 is 0. The van der Waals surface area contributed by atoms with E-state index >= 15 is 0 Å². The number of nitrogens with one attached hydrogen (secondary N) is 2. The third kappa shape index (κ3) is 6.44. The van der Waals surface area contributed by atoms with Crippen molar-refractivity contribution in [3.8, 4) is 5.75 Å². The first-order valence-electron chi connectivity index (χ1n) is 11.6. The Kier molecular flexibility index (Phi) is 7.76. The van der Waals surface area contributed by atoms with Crippen molar-refractivity contribution in [2.45, 2.75) is 38.9 Å². The molecule has 1 aliphatic heterocycles. The quantitative estimate of drug-likeness (QED) is 0.503. The zero-order chi connectivity index (χ0) is 23.0. The Hall–Kier alpha value is -3.15. The Bertz CT molecular complexity index is 1040. The van der Waals surface area contributed by atoms with Gasteiger partial charge in [-0.25, -0.2) is 0 Å². The standard InChI is InChI=1S/C28H32N2O3/c1-20(2)23-10-13-27(33-19-22-6-4-3-5-7-22)26(17-23)28(31)30-24-11-8-21(9-12-24)16-25-18-29-14-15-32-25/h3-13,17,20,25,29H,14-16,18-19H2,1-2H3,(H,30,31). The van der Waals surface area contributed by atoms with Crippen LogP contribution in [0.5, 0.6) is 5.75 Å². The summed E-state index contributed by atoms with van der Waals surface area (Å²) in [6.45, 7) is 7.18. The topological polar surface area (TPSA) is 59.6 Å². The van der Waals surface area contributed by atoms with Crippen molar-refractivity contribution in [1.82, 2.24) is 5.32 Å². The van der Waals surface area contributed by atoms with E-state index in [0.717, 1.165) is 42.9 Å². The smallest absolute Gasteiger partial charge is 0.259 e. The van der Waals surface area contributed by atoms with Crippen LogP contribution in [0.1, 0.15) is 46.8 Å². The maximum atomic E-state index is 13.2. The molecule has 0 bridgehead atoms. The lowest BCUT2D eigenvalue weighted by molar-refractivity contribution is 0.0292. The highest BCUT2D eigenvalue weighted by molar-refractivity contribution is 6.06. The molecule has 1 saturated heterocycles. The van der Waals surface area contributed by atoms with Gasteiger partial charge in [-0.1, -0.05) is 62.4 Å². The van der Waals surface area contributed by atoms with Crippen LogP contribution in [0, 0.1) is 0 Å². The second kappa shape index (κ2) is 11.1. The van der Waals surface area contributed by atoms with Crippen molar-refractivity contribution < 1.29 is 14.3 Å². The largest absolute Gasteiger partial charge is 0.488 e. The Morgan fingerprint density at radius 3 is 2.55 bits per heavy atom. The first kappa shape index (κ1) is 23.0. The molecule has 1 atom stereocenters.